The van der Waals surface area contributed by atoms with E-state index in [4.69, 9.17) is 9.47 Å². The molecule has 3 aromatic carbocycles. The van der Waals surface area contributed by atoms with Gasteiger partial charge >= 0.3 is 0 Å². The van der Waals surface area contributed by atoms with Crippen molar-refractivity contribution in [3.05, 3.63) is 100 Å². The molecule has 1 aliphatic rings. The molecular formula is C26H22FNO4S. The van der Waals surface area contributed by atoms with Crippen LogP contribution in [-0.2, 0) is 11.4 Å². The molecule has 0 atom stereocenters. The molecule has 0 spiro atoms. The minimum Gasteiger partial charge on any atom is -0.492 e. The second kappa shape index (κ2) is 10.4. The van der Waals surface area contributed by atoms with Crippen molar-refractivity contribution in [3.8, 4) is 11.5 Å². The van der Waals surface area contributed by atoms with Crippen LogP contribution in [0.3, 0.4) is 0 Å². The first kappa shape index (κ1) is 22.6. The zero-order valence-corrected chi connectivity index (χ0v) is 18.8. The van der Waals surface area contributed by atoms with Crippen molar-refractivity contribution in [2.75, 3.05) is 13.2 Å². The van der Waals surface area contributed by atoms with Gasteiger partial charge in [0.05, 0.1) is 11.4 Å². The molecular weight excluding hydrogens is 441 g/mol. The van der Waals surface area contributed by atoms with Crippen LogP contribution in [0.5, 0.6) is 11.5 Å². The number of carbonyl (C=O) groups excluding carboxylic acids is 2. The number of aryl methyl sites for hydroxylation is 1. The quantitative estimate of drug-likeness (QED) is 0.394. The Balaban J connectivity index is 1.41. The van der Waals surface area contributed by atoms with Crippen molar-refractivity contribution >= 4 is 29.0 Å². The smallest absolute Gasteiger partial charge is 0.293 e. The number of imide groups is 1. The highest BCUT2D eigenvalue weighted by atomic mass is 32.2. The Morgan fingerprint density at radius 3 is 2.45 bits per heavy atom. The lowest BCUT2D eigenvalue weighted by atomic mass is 10.1. The minimum atomic E-state index is -0.374. The van der Waals surface area contributed by atoms with Crippen LogP contribution in [0.15, 0.2) is 77.7 Å². The lowest BCUT2D eigenvalue weighted by molar-refractivity contribution is -0.123. The molecule has 0 unspecified atom stereocenters. The molecule has 1 fully saturated rings. The van der Waals surface area contributed by atoms with E-state index < -0.39 is 0 Å². The summed E-state index contributed by atoms with van der Waals surface area (Å²) in [5.41, 5.74) is 2.19. The summed E-state index contributed by atoms with van der Waals surface area (Å²) in [5.74, 6) is 0.463. The van der Waals surface area contributed by atoms with Crippen molar-refractivity contribution in [2.24, 2.45) is 0 Å². The number of para-hydroxylation sites is 1. The largest absolute Gasteiger partial charge is 0.492 e. The summed E-state index contributed by atoms with van der Waals surface area (Å²) in [5, 5.41) is -0.344. The van der Waals surface area contributed by atoms with Crippen LogP contribution >= 0.6 is 11.8 Å². The summed E-state index contributed by atoms with van der Waals surface area (Å²) in [7, 11) is 0. The Bertz CT molecular complexity index is 1190. The monoisotopic (exact) mass is 463 g/mol. The van der Waals surface area contributed by atoms with Crippen molar-refractivity contribution in [1.29, 1.82) is 0 Å². The van der Waals surface area contributed by atoms with Crippen LogP contribution in [0.1, 0.15) is 16.7 Å². The van der Waals surface area contributed by atoms with Gasteiger partial charge < -0.3 is 9.47 Å². The van der Waals surface area contributed by atoms with Gasteiger partial charge in [-0.3, -0.25) is 14.5 Å². The predicted molar refractivity (Wildman–Crippen MR) is 127 cm³/mol. The number of carbonyl (C=O) groups is 2. The molecule has 0 radical (unpaired) electrons. The fraction of sp³-hybridized carbons (Fsp3) is 0.154. The van der Waals surface area contributed by atoms with Gasteiger partial charge in [0.15, 0.2) is 0 Å². The van der Waals surface area contributed by atoms with Crippen LogP contribution in [-0.4, -0.2) is 29.2 Å². The van der Waals surface area contributed by atoms with E-state index in [9.17, 15) is 14.0 Å². The Hall–Kier alpha value is -3.58. The molecule has 4 rings (SSSR count). The molecule has 5 nitrogen and oxygen atoms in total. The van der Waals surface area contributed by atoms with Gasteiger partial charge in [-0.1, -0.05) is 54.1 Å². The lowest BCUT2D eigenvalue weighted by Gasteiger charge is -2.13. The van der Waals surface area contributed by atoms with Gasteiger partial charge in [0.1, 0.15) is 30.5 Å². The Kier molecular flexibility index (Phi) is 7.10. The topological polar surface area (TPSA) is 55.8 Å². The second-order valence-electron chi connectivity index (χ2n) is 7.41. The number of hydrogen-bond acceptors (Lipinski definition) is 5. The summed E-state index contributed by atoms with van der Waals surface area (Å²) in [6.45, 7) is 2.40. The first-order chi connectivity index (χ1) is 16.0. The predicted octanol–water partition coefficient (Wildman–Crippen LogP) is 5.83. The van der Waals surface area contributed by atoms with E-state index in [-0.39, 0.29) is 36.7 Å². The van der Waals surface area contributed by atoms with Gasteiger partial charge in [0.2, 0.25) is 0 Å². The van der Waals surface area contributed by atoms with Gasteiger partial charge in [0, 0.05) is 11.1 Å². The number of benzene rings is 3. The van der Waals surface area contributed by atoms with E-state index in [0.29, 0.717) is 27.5 Å². The number of thioether (sulfide) groups is 1. The maximum atomic E-state index is 13.9. The molecule has 168 valence electrons. The number of rotatable bonds is 8. The number of nitrogens with zero attached hydrogens (tertiary/aromatic N) is 1. The molecule has 0 saturated carbocycles. The summed E-state index contributed by atoms with van der Waals surface area (Å²) < 4.78 is 25.3. The van der Waals surface area contributed by atoms with Crippen LogP contribution in [0.4, 0.5) is 9.18 Å². The lowest BCUT2D eigenvalue weighted by Crippen LogP contribution is -2.32. The summed E-state index contributed by atoms with van der Waals surface area (Å²) in [6, 6.07) is 21.1. The molecule has 1 saturated heterocycles. The standard InChI is InChI=1S/C26H22FNO4S/c1-18-10-12-21(13-11-18)31-15-14-28-25(29)24(33-26(28)30)16-19-6-3-5-9-23(19)32-17-20-7-2-4-8-22(20)27/h2-13,16H,14-15,17H2,1H3/b24-16-. The zero-order valence-electron chi connectivity index (χ0n) is 18.0. The van der Waals surface area contributed by atoms with Gasteiger partial charge in [-0.25, -0.2) is 4.39 Å². The van der Waals surface area contributed by atoms with Crippen molar-refractivity contribution in [1.82, 2.24) is 4.90 Å². The van der Waals surface area contributed by atoms with Crippen LogP contribution in [0.25, 0.3) is 6.08 Å². The van der Waals surface area contributed by atoms with E-state index in [0.717, 1.165) is 17.3 Å². The zero-order chi connectivity index (χ0) is 23.2. The van der Waals surface area contributed by atoms with Crippen LogP contribution in [0.2, 0.25) is 0 Å². The van der Waals surface area contributed by atoms with E-state index in [1.165, 1.54) is 11.0 Å². The van der Waals surface area contributed by atoms with Crippen LogP contribution in [0, 0.1) is 12.7 Å². The molecule has 7 heteroatoms. The molecule has 1 heterocycles. The number of ether oxygens (including phenoxy) is 2. The highest BCUT2D eigenvalue weighted by molar-refractivity contribution is 8.18. The Morgan fingerprint density at radius 1 is 0.939 bits per heavy atom. The molecule has 2 amide bonds. The SMILES string of the molecule is Cc1ccc(OCCN2C(=O)S/C(=C\c3ccccc3OCc3ccccc3F)C2=O)cc1. The van der Waals surface area contributed by atoms with Gasteiger partial charge in [-0.15, -0.1) is 0 Å². The molecule has 0 aliphatic carbocycles. The third-order valence-electron chi connectivity index (χ3n) is 5.02. The second-order valence-corrected chi connectivity index (χ2v) is 8.41. The first-order valence-corrected chi connectivity index (χ1v) is 11.2. The number of hydrogen-bond donors (Lipinski definition) is 0. The summed E-state index contributed by atoms with van der Waals surface area (Å²) in [6.07, 6.45) is 1.63. The molecule has 0 N–H and O–H groups in total. The van der Waals surface area contributed by atoms with E-state index in [2.05, 4.69) is 0 Å². The van der Waals surface area contributed by atoms with Gasteiger partial charge in [-0.2, -0.15) is 0 Å². The minimum absolute atomic E-state index is 0.0509. The Labute approximate surface area is 195 Å². The maximum absolute atomic E-state index is 13.9. The van der Waals surface area contributed by atoms with E-state index >= 15 is 0 Å². The van der Waals surface area contributed by atoms with Gasteiger partial charge in [0.25, 0.3) is 11.1 Å². The summed E-state index contributed by atoms with van der Waals surface area (Å²) >= 11 is 0.878. The molecule has 0 bridgehead atoms. The summed E-state index contributed by atoms with van der Waals surface area (Å²) in [4.78, 5) is 26.7. The fourth-order valence-electron chi connectivity index (χ4n) is 3.23. The maximum Gasteiger partial charge on any atom is 0.293 e. The highest BCUT2D eigenvalue weighted by Gasteiger charge is 2.35. The van der Waals surface area contributed by atoms with Gasteiger partial charge in [-0.05, 0) is 49.0 Å². The number of halogens is 1. The average molecular weight is 464 g/mol. The number of amides is 2. The van der Waals surface area contributed by atoms with Crippen LogP contribution < -0.4 is 9.47 Å². The molecule has 3 aromatic rings. The van der Waals surface area contributed by atoms with Crippen molar-refractivity contribution in [2.45, 2.75) is 13.5 Å². The fourth-order valence-corrected chi connectivity index (χ4v) is 4.08. The molecule has 0 aromatic heterocycles. The third kappa shape index (κ3) is 5.62. The first-order valence-electron chi connectivity index (χ1n) is 10.4. The van der Waals surface area contributed by atoms with Crippen molar-refractivity contribution in [3.63, 3.8) is 0 Å². The Morgan fingerprint density at radius 2 is 1.67 bits per heavy atom. The third-order valence-corrected chi connectivity index (χ3v) is 5.93. The van der Waals surface area contributed by atoms with E-state index in [1.54, 1.807) is 48.5 Å². The molecule has 1 aliphatic heterocycles. The van der Waals surface area contributed by atoms with Crippen molar-refractivity contribution < 1.29 is 23.5 Å². The average Bonchev–Trinajstić information content (AvgIpc) is 3.08. The highest BCUT2D eigenvalue weighted by Crippen LogP contribution is 2.34. The molecule has 33 heavy (non-hydrogen) atoms. The van der Waals surface area contributed by atoms with E-state index in [1.807, 2.05) is 31.2 Å². The normalized spacial score (nSPS) is 14.7.